The first-order valence-electron chi connectivity index (χ1n) is 7.52. The van der Waals surface area contributed by atoms with Crippen molar-refractivity contribution in [2.45, 2.75) is 0 Å². The second kappa shape index (κ2) is 8.56. The van der Waals surface area contributed by atoms with Crippen molar-refractivity contribution in [2.24, 2.45) is 0 Å². The van der Waals surface area contributed by atoms with Crippen molar-refractivity contribution in [2.75, 3.05) is 37.9 Å². The van der Waals surface area contributed by atoms with Gasteiger partial charge in [0, 0.05) is 17.9 Å². The van der Waals surface area contributed by atoms with E-state index in [4.69, 9.17) is 10.00 Å². The molecule has 124 valence electrons. The number of rotatable bonds is 6. The van der Waals surface area contributed by atoms with Gasteiger partial charge >= 0.3 is 6.03 Å². The number of nitrogens with zero attached hydrogens (tertiary/aromatic N) is 2. The van der Waals surface area contributed by atoms with Gasteiger partial charge in [-0.1, -0.05) is 6.07 Å². The second-order valence-corrected chi connectivity index (χ2v) is 5.45. The first-order valence-corrected chi connectivity index (χ1v) is 7.52. The summed E-state index contributed by atoms with van der Waals surface area (Å²) in [7, 11) is 3.97. The van der Waals surface area contributed by atoms with Crippen LogP contribution >= 0.6 is 0 Å². The molecule has 0 fully saturated rings. The number of carbonyl (C=O) groups excluding carboxylic acids is 1. The van der Waals surface area contributed by atoms with Crippen molar-refractivity contribution in [3.8, 4) is 11.8 Å². The summed E-state index contributed by atoms with van der Waals surface area (Å²) in [6.07, 6.45) is 0. The van der Waals surface area contributed by atoms with Crippen LogP contribution in [0.5, 0.6) is 5.75 Å². The number of ether oxygens (including phenoxy) is 1. The topological polar surface area (TPSA) is 77.4 Å². The molecule has 0 spiro atoms. The highest BCUT2D eigenvalue weighted by Gasteiger charge is 2.04. The van der Waals surface area contributed by atoms with Crippen LogP contribution < -0.4 is 15.4 Å². The van der Waals surface area contributed by atoms with Crippen LogP contribution in [0.2, 0.25) is 0 Å². The molecule has 2 aromatic carbocycles. The summed E-state index contributed by atoms with van der Waals surface area (Å²) in [6, 6.07) is 15.6. The molecular formula is C18H20N4O2. The van der Waals surface area contributed by atoms with Gasteiger partial charge in [0.25, 0.3) is 0 Å². The average Bonchev–Trinajstić information content (AvgIpc) is 2.56. The van der Waals surface area contributed by atoms with Crippen LogP contribution in [0, 0.1) is 11.3 Å². The van der Waals surface area contributed by atoms with Crippen LogP contribution in [0.3, 0.4) is 0 Å². The molecule has 0 radical (unpaired) electrons. The molecule has 0 unspecified atom stereocenters. The van der Waals surface area contributed by atoms with Crippen LogP contribution in [0.15, 0.2) is 48.5 Å². The van der Waals surface area contributed by atoms with E-state index in [0.717, 1.165) is 12.3 Å². The molecule has 0 bridgehead atoms. The maximum Gasteiger partial charge on any atom is 0.323 e. The highest BCUT2D eigenvalue weighted by Crippen LogP contribution is 2.16. The summed E-state index contributed by atoms with van der Waals surface area (Å²) in [4.78, 5) is 14.0. The minimum absolute atomic E-state index is 0.369. The third-order valence-electron chi connectivity index (χ3n) is 3.17. The Balaban J connectivity index is 1.86. The lowest BCUT2D eigenvalue weighted by Crippen LogP contribution is -2.20. The van der Waals surface area contributed by atoms with Crippen LogP contribution in [0.25, 0.3) is 0 Å². The summed E-state index contributed by atoms with van der Waals surface area (Å²) in [5.74, 6) is 0.754. The van der Waals surface area contributed by atoms with Gasteiger partial charge in [-0.15, -0.1) is 0 Å². The van der Waals surface area contributed by atoms with Crippen LogP contribution in [0.4, 0.5) is 16.2 Å². The lowest BCUT2D eigenvalue weighted by molar-refractivity contribution is 0.261. The van der Waals surface area contributed by atoms with Gasteiger partial charge in [-0.05, 0) is 56.6 Å². The monoisotopic (exact) mass is 324 g/mol. The molecule has 2 rings (SSSR count). The van der Waals surface area contributed by atoms with Crippen molar-refractivity contribution in [3.63, 3.8) is 0 Å². The van der Waals surface area contributed by atoms with Gasteiger partial charge in [0.1, 0.15) is 12.4 Å². The number of hydrogen-bond donors (Lipinski definition) is 2. The van der Waals surface area contributed by atoms with Crippen molar-refractivity contribution in [3.05, 3.63) is 54.1 Å². The molecule has 0 aliphatic carbocycles. The number of benzene rings is 2. The van der Waals surface area contributed by atoms with Gasteiger partial charge < -0.3 is 20.3 Å². The fourth-order valence-corrected chi connectivity index (χ4v) is 1.94. The van der Waals surface area contributed by atoms with Crippen LogP contribution in [-0.2, 0) is 0 Å². The zero-order valence-corrected chi connectivity index (χ0v) is 13.7. The molecule has 2 aromatic rings. The van der Waals surface area contributed by atoms with Crippen molar-refractivity contribution in [1.82, 2.24) is 4.90 Å². The fourth-order valence-electron chi connectivity index (χ4n) is 1.94. The lowest BCUT2D eigenvalue weighted by Gasteiger charge is -2.12. The predicted molar refractivity (Wildman–Crippen MR) is 94.3 cm³/mol. The van der Waals surface area contributed by atoms with Gasteiger partial charge in [-0.25, -0.2) is 4.79 Å². The number of nitriles is 1. The minimum atomic E-state index is -0.369. The third kappa shape index (κ3) is 5.63. The Labute approximate surface area is 141 Å². The van der Waals surface area contributed by atoms with E-state index in [1.165, 1.54) is 0 Å². The Morgan fingerprint density at radius 3 is 2.50 bits per heavy atom. The van der Waals surface area contributed by atoms with Crippen molar-refractivity contribution >= 4 is 17.4 Å². The summed E-state index contributed by atoms with van der Waals surface area (Å²) >= 11 is 0. The maximum absolute atomic E-state index is 12.0. The quantitative estimate of drug-likeness (QED) is 0.856. The SMILES string of the molecule is CN(C)CCOc1ccc(NC(=O)Nc2cccc(C#N)c2)cc1. The standard InChI is InChI=1S/C18H20N4O2/c1-22(2)10-11-24-17-8-6-15(7-9-17)20-18(23)21-16-5-3-4-14(12-16)13-19/h3-9,12H,10-11H2,1-2H3,(H2,20,21,23). The van der Waals surface area contributed by atoms with E-state index in [9.17, 15) is 4.79 Å². The van der Waals surface area contributed by atoms with E-state index in [-0.39, 0.29) is 6.03 Å². The number of anilines is 2. The summed E-state index contributed by atoms with van der Waals surface area (Å²) in [5, 5.41) is 14.3. The smallest absolute Gasteiger partial charge is 0.323 e. The van der Waals surface area contributed by atoms with Gasteiger partial charge in [0.2, 0.25) is 0 Å². The average molecular weight is 324 g/mol. The number of hydrogen-bond acceptors (Lipinski definition) is 4. The largest absolute Gasteiger partial charge is 0.492 e. The first-order chi connectivity index (χ1) is 11.6. The summed E-state index contributed by atoms with van der Waals surface area (Å²) in [6.45, 7) is 1.44. The molecule has 6 heteroatoms. The Bertz CT molecular complexity index is 721. The molecule has 0 aliphatic heterocycles. The first kappa shape index (κ1) is 17.3. The van der Waals surface area contributed by atoms with Crippen LogP contribution in [-0.4, -0.2) is 38.2 Å². The number of carbonyl (C=O) groups is 1. The molecule has 24 heavy (non-hydrogen) atoms. The Kier molecular flexibility index (Phi) is 6.17. The maximum atomic E-state index is 12.0. The number of amides is 2. The molecule has 0 aromatic heterocycles. The van der Waals surface area contributed by atoms with Crippen molar-refractivity contribution in [1.29, 1.82) is 5.26 Å². The molecule has 2 N–H and O–H groups in total. The highest BCUT2D eigenvalue weighted by molar-refractivity contribution is 5.99. The lowest BCUT2D eigenvalue weighted by atomic mass is 10.2. The highest BCUT2D eigenvalue weighted by atomic mass is 16.5. The zero-order chi connectivity index (χ0) is 17.4. The van der Waals surface area contributed by atoms with Gasteiger partial charge in [0.15, 0.2) is 0 Å². The van der Waals surface area contributed by atoms with E-state index >= 15 is 0 Å². The number of nitrogens with one attached hydrogen (secondary N) is 2. The van der Waals surface area contributed by atoms with E-state index in [1.807, 2.05) is 37.2 Å². The molecule has 6 nitrogen and oxygen atoms in total. The Morgan fingerprint density at radius 2 is 1.83 bits per heavy atom. The minimum Gasteiger partial charge on any atom is -0.492 e. The Morgan fingerprint density at radius 1 is 1.12 bits per heavy atom. The summed E-state index contributed by atoms with van der Waals surface area (Å²) in [5.41, 5.74) is 1.71. The molecule has 0 saturated heterocycles. The van der Waals surface area contributed by atoms with E-state index in [1.54, 1.807) is 36.4 Å². The summed E-state index contributed by atoms with van der Waals surface area (Å²) < 4.78 is 5.60. The normalized spacial score (nSPS) is 10.1. The number of likely N-dealkylation sites (N-methyl/N-ethyl adjacent to an activating group) is 1. The van der Waals surface area contributed by atoms with Crippen molar-refractivity contribution < 1.29 is 9.53 Å². The molecule has 0 saturated carbocycles. The molecule has 0 aliphatic rings. The molecule has 0 atom stereocenters. The second-order valence-electron chi connectivity index (χ2n) is 5.45. The van der Waals surface area contributed by atoms with E-state index in [0.29, 0.717) is 23.5 Å². The van der Waals surface area contributed by atoms with Crippen LogP contribution in [0.1, 0.15) is 5.56 Å². The fraction of sp³-hybridized carbons (Fsp3) is 0.222. The predicted octanol–water partition coefficient (Wildman–Crippen LogP) is 3.14. The van der Waals surface area contributed by atoms with E-state index in [2.05, 4.69) is 10.6 Å². The van der Waals surface area contributed by atoms with Gasteiger partial charge in [-0.3, -0.25) is 0 Å². The third-order valence-corrected chi connectivity index (χ3v) is 3.17. The van der Waals surface area contributed by atoms with Gasteiger partial charge in [0.05, 0.1) is 11.6 Å². The van der Waals surface area contributed by atoms with E-state index < -0.39 is 0 Å². The zero-order valence-electron chi connectivity index (χ0n) is 13.7. The van der Waals surface area contributed by atoms with Gasteiger partial charge in [-0.2, -0.15) is 5.26 Å². The Hall–Kier alpha value is -3.04. The molecule has 0 heterocycles. The number of urea groups is 1. The molecule has 2 amide bonds. The molecular weight excluding hydrogens is 304 g/mol.